The summed E-state index contributed by atoms with van der Waals surface area (Å²) >= 11 is 0. The summed E-state index contributed by atoms with van der Waals surface area (Å²) in [6.07, 6.45) is 2.76. The molecule has 0 amide bonds. The molecule has 2 aliphatic rings. The molecule has 0 radical (unpaired) electrons. The summed E-state index contributed by atoms with van der Waals surface area (Å²) in [5, 5.41) is 9.46. The first-order chi connectivity index (χ1) is 12.4. The van der Waals surface area contributed by atoms with Crippen LogP contribution in [0.3, 0.4) is 0 Å². The molecular weight excluding hydrogens is 353 g/mol. The summed E-state index contributed by atoms with van der Waals surface area (Å²) in [7, 11) is -3.72. The molecule has 1 heterocycles. The van der Waals surface area contributed by atoms with E-state index in [0.717, 1.165) is 50.5 Å². The van der Waals surface area contributed by atoms with E-state index in [1.165, 1.54) is 23.8 Å². The first-order valence-electron chi connectivity index (χ1n) is 8.97. The van der Waals surface area contributed by atoms with E-state index >= 15 is 0 Å². The Balaban J connectivity index is 1.62. The molecule has 0 saturated carbocycles. The Kier molecular flexibility index (Phi) is 4.59. The predicted octanol–water partition coefficient (Wildman–Crippen LogP) is 2.75. The highest BCUT2D eigenvalue weighted by Crippen LogP contribution is 2.35. The minimum absolute atomic E-state index is 0.0145. The van der Waals surface area contributed by atoms with Gasteiger partial charge in [0, 0.05) is 19.6 Å². The third kappa shape index (κ3) is 3.29. The van der Waals surface area contributed by atoms with Gasteiger partial charge in [-0.25, -0.2) is 12.8 Å². The molecule has 1 N–H and O–H groups in total. The van der Waals surface area contributed by atoms with Crippen LogP contribution in [0.15, 0.2) is 52.3 Å². The summed E-state index contributed by atoms with van der Waals surface area (Å²) in [6.45, 7) is 2.34. The van der Waals surface area contributed by atoms with E-state index in [1.54, 1.807) is 12.1 Å². The van der Waals surface area contributed by atoms with Crippen molar-refractivity contribution in [3.05, 3.63) is 59.4 Å². The van der Waals surface area contributed by atoms with Gasteiger partial charge in [0.1, 0.15) is 5.82 Å². The second-order valence-corrected chi connectivity index (χ2v) is 9.23. The predicted molar refractivity (Wildman–Crippen MR) is 96.4 cm³/mol. The number of aliphatic hydroxyl groups excluding tert-OH is 1. The summed E-state index contributed by atoms with van der Waals surface area (Å²) in [4.78, 5) is 2.45. The van der Waals surface area contributed by atoms with Crippen molar-refractivity contribution in [2.24, 2.45) is 0 Å². The fourth-order valence-corrected chi connectivity index (χ4v) is 5.36. The van der Waals surface area contributed by atoms with Crippen LogP contribution in [-0.4, -0.2) is 44.2 Å². The highest BCUT2D eigenvalue weighted by atomic mass is 32.2. The third-order valence-electron chi connectivity index (χ3n) is 5.39. The van der Waals surface area contributed by atoms with Gasteiger partial charge >= 0.3 is 0 Å². The Bertz CT molecular complexity index is 922. The topological polar surface area (TPSA) is 57.6 Å². The molecule has 26 heavy (non-hydrogen) atoms. The number of sulfone groups is 1. The van der Waals surface area contributed by atoms with E-state index in [0.29, 0.717) is 5.92 Å². The van der Waals surface area contributed by atoms with Gasteiger partial charge < -0.3 is 5.11 Å². The summed E-state index contributed by atoms with van der Waals surface area (Å²) in [6, 6.07) is 10.5. The second kappa shape index (κ2) is 6.76. The Hall–Kier alpha value is -1.76. The summed E-state index contributed by atoms with van der Waals surface area (Å²) in [5.41, 5.74) is 2.27. The molecule has 4 nitrogen and oxygen atoms in total. The molecule has 2 aromatic rings. The summed E-state index contributed by atoms with van der Waals surface area (Å²) in [5.74, 6) is -0.182. The number of aliphatic hydroxyl groups is 1. The van der Waals surface area contributed by atoms with Gasteiger partial charge in [-0.2, -0.15) is 0 Å². The van der Waals surface area contributed by atoms with E-state index in [-0.39, 0.29) is 15.9 Å². The maximum Gasteiger partial charge on any atom is 0.206 e. The molecule has 1 saturated heterocycles. The number of hydrogen-bond acceptors (Lipinski definition) is 4. The van der Waals surface area contributed by atoms with E-state index < -0.39 is 15.7 Å². The van der Waals surface area contributed by atoms with Crippen LogP contribution in [0.25, 0.3) is 0 Å². The van der Waals surface area contributed by atoms with Gasteiger partial charge in [0.15, 0.2) is 0 Å². The average molecular weight is 375 g/mol. The zero-order valence-corrected chi connectivity index (χ0v) is 15.3. The summed E-state index contributed by atoms with van der Waals surface area (Å²) < 4.78 is 39.1. The van der Waals surface area contributed by atoms with E-state index in [4.69, 9.17) is 0 Å². The lowest BCUT2D eigenvalue weighted by molar-refractivity contribution is -0.00206. The Labute approximate surface area is 153 Å². The number of rotatable bonds is 4. The Morgan fingerprint density at radius 3 is 2.62 bits per heavy atom. The number of β-amino-alcohol motifs (C(OH)–C–C–N with tert-alkyl or cyclic N) is 1. The van der Waals surface area contributed by atoms with Crippen molar-refractivity contribution in [1.29, 1.82) is 0 Å². The fraction of sp³-hybridized carbons (Fsp3) is 0.400. The SMILES string of the molecule is O=S(=O)(c1cccc(F)c1)c1ccc2c(c1)CCC[C@H]2CN1CC(O)C1. The number of benzene rings is 2. The van der Waals surface area contributed by atoms with Crippen LogP contribution in [0.2, 0.25) is 0 Å². The van der Waals surface area contributed by atoms with Crippen LogP contribution < -0.4 is 0 Å². The molecule has 2 aromatic carbocycles. The van der Waals surface area contributed by atoms with E-state index in [1.807, 2.05) is 6.07 Å². The maximum atomic E-state index is 13.4. The van der Waals surface area contributed by atoms with Crippen molar-refractivity contribution in [3.63, 3.8) is 0 Å². The van der Waals surface area contributed by atoms with Crippen molar-refractivity contribution >= 4 is 9.84 Å². The Morgan fingerprint density at radius 2 is 1.88 bits per heavy atom. The van der Waals surface area contributed by atoms with Crippen molar-refractivity contribution in [2.75, 3.05) is 19.6 Å². The first kappa shape index (κ1) is 17.6. The van der Waals surface area contributed by atoms with Crippen LogP contribution in [0.4, 0.5) is 4.39 Å². The fourth-order valence-electron chi connectivity index (χ4n) is 4.02. The molecule has 1 aliphatic heterocycles. The van der Waals surface area contributed by atoms with E-state index in [9.17, 15) is 17.9 Å². The van der Waals surface area contributed by atoms with Gasteiger partial charge in [0.05, 0.1) is 15.9 Å². The first-order valence-corrected chi connectivity index (χ1v) is 10.5. The minimum atomic E-state index is -3.72. The lowest BCUT2D eigenvalue weighted by Gasteiger charge is -2.39. The second-order valence-electron chi connectivity index (χ2n) is 7.28. The van der Waals surface area contributed by atoms with Crippen molar-refractivity contribution < 1.29 is 17.9 Å². The molecule has 0 bridgehead atoms. The van der Waals surface area contributed by atoms with Crippen LogP contribution in [0.5, 0.6) is 0 Å². The van der Waals surface area contributed by atoms with Gasteiger partial charge in [0.2, 0.25) is 9.84 Å². The maximum absolute atomic E-state index is 13.4. The average Bonchev–Trinajstić information content (AvgIpc) is 2.60. The lowest BCUT2D eigenvalue weighted by atomic mass is 9.82. The molecule has 4 rings (SSSR count). The molecule has 1 fully saturated rings. The van der Waals surface area contributed by atoms with Gasteiger partial charge in [0.25, 0.3) is 0 Å². The standard InChI is InChI=1S/C20H22FNO3S/c21-16-5-2-6-18(10-16)26(24,25)19-7-8-20-14(9-19)3-1-4-15(20)11-22-12-17(23)13-22/h2,5-10,15,17,23H,1,3-4,11-13H2/t15-/m0/s1. The van der Waals surface area contributed by atoms with Gasteiger partial charge in [-0.05, 0) is 66.6 Å². The highest BCUT2D eigenvalue weighted by Gasteiger charge is 2.30. The van der Waals surface area contributed by atoms with Gasteiger partial charge in [-0.15, -0.1) is 0 Å². The molecule has 0 aromatic heterocycles. The largest absolute Gasteiger partial charge is 0.390 e. The zero-order valence-electron chi connectivity index (χ0n) is 14.4. The van der Waals surface area contributed by atoms with Crippen LogP contribution in [-0.2, 0) is 16.3 Å². The number of fused-ring (bicyclic) bond motifs is 1. The molecule has 6 heteroatoms. The monoisotopic (exact) mass is 375 g/mol. The molecule has 0 spiro atoms. The van der Waals surface area contributed by atoms with Gasteiger partial charge in [-0.3, -0.25) is 4.90 Å². The molecule has 1 atom stereocenters. The van der Waals surface area contributed by atoms with Crippen molar-refractivity contribution in [3.8, 4) is 0 Å². The quantitative estimate of drug-likeness (QED) is 0.893. The number of likely N-dealkylation sites (tertiary alicyclic amines) is 1. The minimum Gasteiger partial charge on any atom is -0.390 e. The number of aryl methyl sites for hydroxylation is 1. The number of nitrogens with zero attached hydrogens (tertiary/aromatic N) is 1. The third-order valence-corrected chi connectivity index (χ3v) is 7.14. The lowest BCUT2D eigenvalue weighted by Crippen LogP contribution is -2.52. The van der Waals surface area contributed by atoms with Crippen LogP contribution in [0, 0.1) is 5.82 Å². The van der Waals surface area contributed by atoms with E-state index in [2.05, 4.69) is 4.90 Å². The van der Waals surface area contributed by atoms with Crippen LogP contribution >= 0.6 is 0 Å². The van der Waals surface area contributed by atoms with Crippen molar-refractivity contribution in [2.45, 2.75) is 41.1 Å². The number of hydrogen-bond donors (Lipinski definition) is 1. The number of halogens is 1. The van der Waals surface area contributed by atoms with Crippen molar-refractivity contribution in [1.82, 2.24) is 4.90 Å². The molecule has 138 valence electrons. The highest BCUT2D eigenvalue weighted by molar-refractivity contribution is 7.91. The molecule has 1 aliphatic carbocycles. The molecular formula is C20H22FNO3S. The van der Waals surface area contributed by atoms with Crippen LogP contribution in [0.1, 0.15) is 29.9 Å². The zero-order chi connectivity index (χ0) is 18.3. The Morgan fingerprint density at radius 1 is 1.12 bits per heavy atom. The molecule has 0 unspecified atom stereocenters. The van der Waals surface area contributed by atoms with Gasteiger partial charge in [-0.1, -0.05) is 12.1 Å². The normalized spacial score (nSPS) is 21.2. The smallest absolute Gasteiger partial charge is 0.206 e.